The van der Waals surface area contributed by atoms with Gasteiger partial charge in [-0.05, 0) is 12.1 Å². The number of nitrogens with zero attached hydrogens (tertiary/aromatic N) is 3. The van der Waals surface area contributed by atoms with E-state index in [-0.39, 0.29) is 0 Å². The van der Waals surface area contributed by atoms with Crippen LogP contribution in [0.4, 0.5) is 5.69 Å². The van der Waals surface area contributed by atoms with Crippen molar-refractivity contribution in [3.8, 4) is 5.88 Å². The Morgan fingerprint density at radius 3 is 3.21 bits per heavy atom. The van der Waals surface area contributed by atoms with Crippen LogP contribution in [-0.4, -0.2) is 21.5 Å². The summed E-state index contributed by atoms with van der Waals surface area (Å²) >= 11 is 7.58. The molecule has 0 spiro atoms. The molecule has 1 N–H and O–H groups in total. The predicted molar refractivity (Wildman–Crippen MR) is 76.2 cm³/mol. The maximum absolute atomic E-state index is 6.01. The van der Waals surface area contributed by atoms with E-state index in [1.165, 1.54) is 0 Å². The lowest BCUT2D eigenvalue weighted by Gasteiger charge is -2.07. The molecule has 19 heavy (non-hydrogen) atoms. The van der Waals surface area contributed by atoms with Crippen molar-refractivity contribution >= 4 is 33.6 Å². The molecule has 7 heteroatoms. The maximum Gasteiger partial charge on any atom is 0.238 e. The number of hydrogen-bond donors (Lipinski definition) is 1. The first-order chi connectivity index (χ1) is 9.29. The number of methoxy groups -OCH3 is 1. The Hall–Kier alpha value is -1.79. The Kier molecular flexibility index (Phi) is 3.27. The van der Waals surface area contributed by atoms with Crippen molar-refractivity contribution in [2.24, 2.45) is 0 Å². The van der Waals surface area contributed by atoms with Crippen LogP contribution in [0.5, 0.6) is 5.88 Å². The molecule has 0 bridgehead atoms. The average Bonchev–Trinajstić information content (AvgIpc) is 2.98. The molecule has 98 valence electrons. The molecule has 3 rings (SSSR count). The molecule has 0 saturated carbocycles. The molecule has 3 aromatic rings. The minimum atomic E-state index is 0.451. The molecule has 0 fully saturated rings. The fourth-order valence-corrected chi connectivity index (χ4v) is 2.74. The number of pyridine rings is 1. The monoisotopic (exact) mass is 294 g/mol. The number of rotatable bonds is 4. The zero-order valence-corrected chi connectivity index (χ0v) is 11.7. The first-order valence-corrected chi connectivity index (χ1v) is 6.88. The van der Waals surface area contributed by atoms with Crippen LogP contribution in [0.1, 0.15) is 5.69 Å². The Morgan fingerprint density at radius 1 is 1.53 bits per heavy atom. The Bertz CT molecular complexity index is 709. The third-order valence-electron chi connectivity index (χ3n) is 2.72. The number of imidazole rings is 1. The largest absolute Gasteiger partial charge is 0.480 e. The van der Waals surface area contributed by atoms with Gasteiger partial charge in [0, 0.05) is 17.8 Å². The number of nitrogens with one attached hydrogen (secondary N) is 1. The van der Waals surface area contributed by atoms with Crippen molar-refractivity contribution in [1.29, 1.82) is 0 Å². The summed E-state index contributed by atoms with van der Waals surface area (Å²) in [6.45, 7) is 0.562. The second kappa shape index (κ2) is 5.07. The quantitative estimate of drug-likeness (QED) is 0.751. The summed E-state index contributed by atoms with van der Waals surface area (Å²) < 4.78 is 7.29. The molecular formula is C12H11ClN4OS. The van der Waals surface area contributed by atoms with Crippen LogP contribution in [0.3, 0.4) is 0 Å². The van der Waals surface area contributed by atoms with Gasteiger partial charge in [-0.15, -0.1) is 11.3 Å². The van der Waals surface area contributed by atoms with Crippen LogP contribution in [0.15, 0.2) is 29.9 Å². The van der Waals surface area contributed by atoms with E-state index < -0.39 is 0 Å². The van der Waals surface area contributed by atoms with E-state index in [4.69, 9.17) is 16.3 Å². The predicted octanol–water partition coefficient (Wildman–Crippen LogP) is 3.06. The second-order valence-electron chi connectivity index (χ2n) is 3.82. The number of anilines is 1. The molecule has 0 unspecified atom stereocenters. The fraction of sp³-hybridized carbons (Fsp3) is 0.167. The SMILES string of the molecule is COc1nc2sccn2c1CNc1cccnc1Cl. The molecule has 0 saturated heterocycles. The number of thiazole rings is 1. The minimum Gasteiger partial charge on any atom is -0.480 e. The van der Waals surface area contributed by atoms with Crippen molar-refractivity contribution in [3.63, 3.8) is 0 Å². The van der Waals surface area contributed by atoms with E-state index in [0.717, 1.165) is 16.3 Å². The van der Waals surface area contributed by atoms with Gasteiger partial charge in [0.25, 0.3) is 0 Å². The normalized spacial score (nSPS) is 10.8. The maximum atomic E-state index is 6.01. The zero-order valence-electron chi connectivity index (χ0n) is 10.1. The van der Waals surface area contributed by atoms with Crippen LogP contribution in [0.25, 0.3) is 4.96 Å². The average molecular weight is 295 g/mol. The van der Waals surface area contributed by atoms with Crippen molar-refractivity contribution < 1.29 is 4.74 Å². The third kappa shape index (κ3) is 2.24. The molecule has 0 aliphatic heterocycles. The van der Waals surface area contributed by atoms with Gasteiger partial charge in [0.05, 0.1) is 19.3 Å². The van der Waals surface area contributed by atoms with Crippen LogP contribution >= 0.6 is 22.9 Å². The summed E-state index contributed by atoms with van der Waals surface area (Å²) in [5.41, 5.74) is 1.75. The molecule has 0 radical (unpaired) electrons. The summed E-state index contributed by atoms with van der Waals surface area (Å²) in [5, 5.41) is 5.68. The van der Waals surface area contributed by atoms with E-state index in [9.17, 15) is 0 Å². The van der Waals surface area contributed by atoms with E-state index >= 15 is 0 Å². The van der Waals surface area contributed by atoms with Gasteiger partial charge in [-0.25, -0.2) is 4.98 Å². The number of fused-ring (bicyclic) bond motifs is 1. The Balaban J connectivity index is 1.89. The fourth-order valence-electron chi connectivity index (χ4n) is 1.83. The van der Waals surface area contributed by atoms with Gasteiger partial charge in [0.1, 0.15) is 5.69 Å². The van der Waals surface area contributed by atoms with Gasteiger partial charge >= 0.3 is 0 Å². The third-order valence-corrected chi connectivity index (χ3v) is 3.78. The molecule has 0 aliphatic carbocycles. The van der Waals surface area contributed by atoms with E-state index in [1.54, 1.807) is 24.6 Å². The lowest BCUT2D eigenvalue weighted by Crippen LogP contribution is -2.04. The smallest absolute Gasteiger partial charge is 0.238 e. The highest BCUT2D eigenvalue weighted by Crippen LogP contribution is 2.25. The molecule has 5 nitrogen and oxygen atoms in total. The first-order valence-electron chi connectivity index (χ1n) is 5.62. The van der Waals surface area contributed by atoms with Gasteiger partial charge < -0.3 is 10.1 Å². The zero-order chi connectivity index (χ0) is 13.2. The number of hydrogen-bond acceptors (Lipinski definition) is 5. The summed E-state index contributed by atoms with van der Waals surface area (Å²) in [6, 6.07) is 3.72. The molecule has 3 heterocycles. The molecular weight excluding hydrogens is 284 g/mol. The highest BCUT2D eigenvalue weighted by molar-refractivity contribution is 7.15. The van der Waals surface area contributed by atoms with Crippen LogP contribution in [0.2, 0.25) is 5.15 Å². The van der Waals surface area contributed by atoms with Gasteiger partial charge in [-0.1, -0.05) is 11.6 Å². The highest BCUT2D eigenvalue weighted by Gasteiger charge is 2.13. The lowest BCUT2D eigenvalue weighted by atomic mass is 10.4. The number of aromatic nitrogens is 3. The van der Waals surface area contributed by atoms with Crippen molar-refractivity contribution in [1.82, 2.24) is 14.4 Å². The van der Waals surface area contributed by atoms with Crippen molar-refractivity contribution in [2.75, 3.05) is 12.4 Å². The van der Waals surface area contributed by atoms with Crippen LogP contribution in [-0.2, 0) is 6.54 Å². The van der Waals surface area contributed by atoms with Crippen LogP contribution < -0.4 is 10.1 Å². The second-order valence-corrected chi connectivity index (χ2v) is 5.05. The summed E-state index contributed by atoms with van der Waals surface area (Å²) in [5.74, 6) is 0.624. The highest BCUT2D eigenvalue weighted by atomic mass is 35.5. The van der Waals surface area contributed by atoms with E-state index in [2.05, 4.69) is 15.3 Å². The van der Waals surface area contributed by atoms with E-state index in [0.29, 0.717) is 17.6 Å². The molecule has 0 atom stereocenters. The van der Waals surface area contributed by atoms with Gasteiger partial charge in [0.2, 0.25) is 5.88 Å². The van der Waals surface area contributed by atoms with Crippen LogP contribution in [0, 0.1) is 0 Å². The van der Waals surface area contributed by atoms with Gasteiger partial charge in [0.15, 0.2) is 10.1 Å². The van der Waals surface area contributed by atoms with E-state index in [1.807, 2.05) is 28.1 Å². The molecule has 0 aromatic carbocycles. The molecule has 0 amide bonds. The number of ether oxygens (including phenoxy) is 1. The number of halogens is 1. The Morgan fingerprint density at radius 2 is 2.42 bits per heavy atom. The van der Waals surface area contributed by atoms with Crippen molar-refractivity contribution in [3.05, 3.63) is 40.8 Å². The summed E-state index contributed by atoms with van der Waals surface area (Å²) in [7, 11) is 1.62. The lowest BCUT2D eigenvalue weighted by molar-refractivity contribution is 0.395. The summed E-state index contributed by atoms with van der Waals surface area (Å²) in [6.07, 6.45) is 3.63. The summed E-state index contributed by atoms with van der Waals surface area (Å²) in [4.78, 5) is 9.33. The first kappa shape index (κ1) is 12.3. The van der Waals surface area contributed by atoms with Crippen molar-refractivity contribution in [2.45, 2.75) is 6.54 Å². The minimum absolute atomic E-state index is 0.451. The van der Waals surface area contributed by atoms with Gasteiger partial charge in [-0.3, -0.25) is 4.40 Å². The standard InChI is InChI=1S/C12H11ClN4OS/c1-18-11-9(17-5-6-19-12(17)16-11)7-15-8-3-2-4-14-10(8)13/h2-6,15H,7H2,1H3. The molecule has 0 aliphatic rings. The molecule has 3 aromatic heterocycles. The van der Waals surface area contributed by atoms with Gasteiger partial charge in [-0.2, -0.15) is 4.98 Å². The topological polar surface area (TPSA) is 51.5 Å². The Labute approximate surface area is 118 Å².